The van der Waals surface area contributed by atoms with Gasteiger partial charge in [-0.15, -0.1) is 0 Å². The van der Waals surface area contributed by atoms with Crippen molar-refractivity contribution >= 4 is 5.82 Å². The lowest BCUT2D eigenvalue weighted by Gasteiger charge is -2.37. The lowest BCUT2D eigenvalue weighted by Crippen LogP contribution is -2.44. The molecule has 2 unspecified atom stereocenters. The van der Waals surface area contributed by atoms with Gasteiger partial charge in [-0.25, -0.2) is 9.97 Å². The maximum atomic E-state index is 5.60. The molecule has 0 bridgehead atoms. The Bertz CT molecular complexity index is 473. The second-order valence-corrected chi connectivity index (χ2v) is 6.11. The zero-order valence-electron chi connectivity index (χ0n) is 13.1. The van der Waals surface area contributed by atoms with Crippen molar-refractivity contribution in [3.63, 3.8) is 0 Å². The highest BCUT2D eigenvalue weighted by Crippen LogP contribution is 2.30. The zero-order valence-corrected chi connectivity index (χ0v) is 13.1. The van der Waals surface area contributed by atoms with Crippen molar-refractivity contribution in [3.05, 3.63) is 11.9 Å². The van der Waals surface area contributed by atoms with Crippen LogP contribution in [0.1, 0.15) is 38.2 Å². The second kappa shape index (κ2) is 6.60. The zero-order chi connectivity index (χ0) is 14.7. The monoisotopic (exact) mass is 290 g/mol. The van der Waals surface area contributed by atoms with Gasteiger partial charge in [0.25, 0.3) is 0 Å². The lowest BCUT2D eigenvalue weighted by atomic mass is 9.89. The molecule has 1 aromatic heterocycles. The highest BCUT2D eigenvalue weighted by Gasteiger charge is 2.30. The molecule has 116 valence electrons. The summed E-state index contributed by atoms with van der Waals surface area (Å²) < 4.78 is 5.60. The molecule has 0 amide bonds. The van der Waals surface area contributed by atoms with Crippen molar-refractivity contribution in [2.45, 2.75) is 45.6 Å². The number of nitrogens with one attached hydrogen (secondary N) is 1. The van der Waals surface area contributed by atoms with Gasteiger partial charge < -0.3 is 15.0 Å². The van der Waals surface area contributed by atoms with E-state index in [1.165, 1.54) is 32.2 Å². The Morgan fingerprint density at radius 1 is 1.33 bits per heavy atom. The molecule has 2 aliphatic rings. The predicted octanol–water partition coefficient (Wildman–Crippen LogP) is 2.15. The molecular formula is C16H26N4O. The fourth-order valence-corrected chi connectivity index (χ4v) is 3.67. The summed E-state index contributed by atoms with van der Waals surface area (Å²) in [6.45, 7) is 8.07. The Kier molecular flexibility index (Phi) is 4.58. The molecule has 3 heterocycles. The van der Waals surface area contributed by atoms with E-state index in [1.807, 2.05) is 6.92 Å². The van der Waals surface area contributed by atoms with Gasteiger partial charge in [-0.3, -0.25) is 0 Å². The number of ether oxygens (including phenoxy) is 1. The summed E-state index contributed by atoms with van der Waals surface area (Å²) in [5.41, 5.74) is 1.07. The number of aromatic nitrogens is 2. The largest absolute Gasteiger partial charge is 0.478 e. The molecule has 2 atom stereocenters. The van der Waals surface area contributed by atoms with Crippen LogP contribution in [0.4, 0.5) is 5.82 Å². The summed E-state index contributed by atoms with van der Waals surface area (Å²) in [7, 11) is 0. The SMILES string of the molecule is CCOc1ncnc(N2CCCC(C3CCCN3)C2)c1C. The molecule has 5 heteroatoms. The Morgan fingerprint density at radius 2 is 2.24 bits per heavy atom. The van der Waals surface area contributed by atoms with Crippen LogP contribution >= 0.6 is 0 Å². The third-order valence-corrected chi connectivity index (χ3v) is 4.72. The van der Waals surface area contributed by atoms with Crippen LogP contribution in [-0.4, -0.2) is 42.3 Å². The van der Waals surface area contributed by atoms with Crippen molar-refractivity contribution in [1.29, 1.82) is 0 Å². The van der Waals surface area contributed by atoms with Gasteiger partial charge in [0, 0.05) is 19.1 Å². The van der Waals surface area contributed by atoms with Gasteiger partial charge in [-0.1, -0.05) is 0 Å². The summed E-state index contributed by atoms with van der Waals surface area (Å²) >= 11 is 0. The van der Waals surface area contributed by atoms with Crippen molar-refractivity contribution in [2.24, 2.45) is 5.92 Å². The van der Waals surface area contributed by atoms with Crippen LogP contribution in [0.15, 0.2) is 6.33 Å². The molecule has 2 aliphatic heterocycles. The maximum absolute atomic E-state index is 5.60. The first kappa shape index (κ1) is 14.6. The van der Waals surface area contributed by atoms with Crippen LogP contribution in [0.5, 0.6) is 5.88 Å². The molecule has 0 radical (unpaired) electrons. The third kappa shape index (κ3) is 3.12. The van der Waals surface area contributed by atoms with Crippen LogP contribution < -0.4 is 15.0 Å². The van der Waals surface area contributed by atoms with Crippen molar-refractivity contribution in [3.8, 4) is 5.88 Å². The van der Waals surface area contributed by atoms with E-state index in [-0.39, 0.29) is 0 Å². The van der Waals surface area contributed by atoms with Crippen LogP contribution in [0.3, 0.4) is 0 Å². The Labute approximate surface area is 127 Å². The van der Waals surface area contributed by atoms with Gasteiger partial charge in [0.15, 0.2) is 0 Å². The number of anilines is 1. The van der Waals surface area contributed by atoms with E-state index in [0.29, 0.717) is 12.6 Å². The standard InChI is InChI=1S/C16H26N4O/c1-3-21-16-12(2)15(18-11-19-16)20-9-5-6-13(10-20)14-7-4-8-17-14/h11,13-14,17H,3-10H2,1-2H3. The quantitative estimate of drug-likeness (QED) is 0.921. The minimum absolute atomic E-state index is 0.645. The first-order valence-corrected chi connectivity index (χ1v) is 8.22. The molecule has 1 aromatic rings. The van der Waals surface area contributed by atoms with Crippen LogP contribution in [0, 0.1) is 12.8 Å². The summed E-state index contributed by atoms with van der Waals surface area (Å²) in [6.07, 6.45) is 6.85. The smallest absolute Gasteiger partial charge is 0.221 e. The van der Waals surface area contributed by atoms with Gasteiger partial charge in [-0.2, -0.15) is 0 Å². The van der Waals surface area contributed by atoms with Gasteiger partial charge in [0.2, 0.25) is 5.88 Å². The number of hydrogen-bond acceptors (Lipinski definition) is 5. The molecule has 21 heavy (non-hydrogen) atoms. The van der Waals surface area contributed by atoms with E-state index < -0.39 is 0 Å². The molecule has 0 saturated carbocycles. The van der Waals surface area contributed by atoms with E-state index in [9.17, 15) is 0 Å². The number of piperidine rings is 1. The third-order valence-electron chi connectivity index (χ3n) is 4.72. The van der Waals surface area contributed by atoms with Crippen LogP contribution in [0.2, 0.25) is 0 Å². The lowest BCUT2D eigenvalue weighted by molar-refractivity contribution is 0.319. The predicted molar refractivity (Wildman–Crippen MR) is 83.9 cm³/mol. The van der Waals surface area contributed by atoms with Gasteiger partial charge in [-0.05, 0) is 52.0 Å². The molecule has 0 spiro atoms. The van der Waals surface area contributed by atoms with Crippen molar-refractivity contribution in [2.75, 3.05) is 31.1 Å². The molecule has 3 rings (SSSR count). The van der Waals surface area contributed by atoms with Gasteiger partial charge in [0.05, 0.1) is 12.2 Å². The fourth-order valence-electron chi connectivity index (χ4n) is 3.67. The average molecular weight is 290 g/mol. The summed E-state index contributed by atoms with van der Waals surface area (Å²) in [6, 6.07) is 0.696. The summed E-state index contributed by atoms with van der Waals surface area (Å²) in [5, 5.41) is 3.66. The molecule has 1 N–H and O–H groups in total. The highest BCUT2D eigenvalue weighted by molar-refractivity contribution is 5.50. The summed E-state index contributed by atoms with van der Waals surface area (Å²) in [4.78, 5) is 11.2. The Balaban J connectivity index is 1.75. The number of rotatable bonds is 4. The first-order valence-electron chi connectivity index (χ1n) is 8.22. The summed E-state index contributed by atoms with van der Waals surface area (Å²) in [5.74, 6) is 2.52. The second-order valence-electron chi connectivity index (χ2n) is 6.11. The van der Waals surface area contributed by atoms with Gasteiger partial charge >= 0.3 is 0 Å². The molecular weight excluding hydrogens is 264 g/mol. The minimum Gasteiger partial charge on any atom is -0.478 e. The normalized spacial score (nSPS) is 26.1. The highest BCUT2D eigenvalue weighted by atomic mass is 16.5. The average Bonchev–Trinajstić information content (AvgIpc) is 3.04. The molecule has 0 aliphatic carbocycles. The van der Waals surface area contributed by atoms with Crippen LogP contribution in [0.25, 0.3) is 0 Å². The first-order chi connectivity index (χ1) is 10.3. The Hall–Kier alpha value is -1.36. The fraction of sp³-hybridized carbons (Fsp3) is 0.750. The van der Waals surface area contributed by atoms with E-state index in [2.05, 4.69) is 27.1 Å². The maximum Gasteiger partial charge on any atom is 0.221 e. The van der Waals surface area contributed by atoms with E-state index >= 15 is 0 Å². The topological polar surface area (TPSA) is 50.3 Å². The molecule has 0 aromatic carbocycles. The molecule has 2 fully saturated rings. The van der Waals surface area contributed by atoms with Crippen molar-refractivity contribution in [1.82, 2.24) is 15.3 Å². The van der Waals surface area contributed by atoms with E-state index in [1.54, 1.807) is 6.33 Å². The van der Waals surface area contributed by atoms with Gasteiger partial charge in [0.1, 0.15) is 12.1 Å². The molecule has 2 saturated heterocycles. The number of hydrogen-bond donors (Lipinski definition) is 1. The van der Waals surface area contributed by atoms with E-state index in [0.717, 1.165) is 36.3 Å². The van der Waals surface area contributed by atoms with Crippen LogP contribution in [-0.2, 0) is 0 Å². The molecule has 5 nitrogen and oxygen atoms in total. The minimum atomic E-state index is 0.645. The van der Waals surface area contributed by atoms with Crippen molar-refractivity contribution < 1.29 is 4.74 Å². The Morgan fingerprint density at radius 3 is 3.00 bits per heavy atom. The van der Waals surface area contributed by atoms with E-state index in [4.69, 9.17) is 4.74 Å². The number of nitrogens with zero attached hydrogens (tertiary/aromatic N) is 3.